The Kier molecular flexibility index (Phi) is 36.9. The molecule has 0 aliphatic carbocycles. The van der Waals surface area contributed by atoms with Crippen molar-refractivity contribution in [3.8, 4) is 56.3 Å². The first-order chi connectivity index (χ1) is 41.0. The van der Waals surface area contributed by atoms with Crippen LogP contribution in [0.4, 0.5) is 0 Å². The van der Waals surface area contributed by atoms with Gasteiger partial charge in [-0.2, -0.15) is 0 Å². The average Bonchev–Trinajstić information content (AvgIpc) is 1.38. The molecule has 0 bridgehead atoms. The second kappa shape index (κ2) is 39.4. The molecule has 92 heavy (non-hydrogen) atoms. The van der Waals surface area contributed by atoms with E-state index >= 15 is 0 Å². The third-order valence-electron chi connectivity index (χ3n) is 15.0. The summed E-state index contributed by atoms with van der Waals surface area (Å²) in [4.78, 5) is 23.2. The smallest absolute Gasteiger partial charge is 0.0798 e. The van der Waals surface area contributed by atoms with E-state index in [0.29, 0.717) is 0 Å². The minimum atomic E-state index is -1.30. The van der Waals surface area contributed by atoms with Gasteiger partial charge in [-0.1, -0.05) is 171 Å². The molecular weight excluding hydrogens is 2100 g/mol. The summed E-state index contributed by atoms with van der Waals surface area (Å²) in [6.07, 6.45) is 10.3. The van der Waals surface area contributed by atoms with E-state index in [2.05, 4.69) is 268 Å². The van der Waals surface area contributed by atoms with Crippen molar-refractivity contribution in [2.75, 3.05) is 0 Å². The Labute approximate surface area is 627 Å². The fraction of sp³-hybridized carbons (Fsp3) is 0.286. The van der Waals surface area contributed by atoms with Gasteiger partial charge in [0.15, 0.2) is 0 Å². The van der Waals surface area contributed by atoms with Gasteiger partial charge >= 0.3 is 0 Å². The molecule has 5 nitrogen and oxygen atoms in total. The van der Waals surface area contributed by atoms with Gasteiger partial charge in [0.2, 0.25) is 0 Å². The molecule has 15 heteroatoms. The molecular formula is C77H94Ir5N5Si5-5. The Balaban J connectivity index is 0.000000567. The van der Waals surface area contributed by atoms with Crippen LogP contribution >= 0.6 is 0 Å². The molecule has 10 aromatic rings. The van der Waals surface area contributed by atoms with Crippen molar-refractivity contribution in [2.45, 2.75) is 146 Å². The maximum absolute atomic E-state index is 4.71. The van der Waals surface area contributed by atoms with Crippen molar-refractivity contribution < 1.29 is 101 Å². The third kappa shape index (κ3) is 26.0. The van der Waals surface area contributed by atoms with E-state index in [0.717, 1.165) is 69.1 Å². The van der Waals surface area contributed by atoms with Crippen LogP contribution < -0.4 is 25.9 Å². The predicted molar refractivity (Wildman–Crippen MR) is 390 cm³/mol. The normalized spacial score (nSPS) is 10.9. The molecule has 0 aliphatic rings. The maximum atomic E-state index is 4.71. The summed E-state index contributed by atoms with van der Waals surface area (Å²) >= 11 is 0. The SMILES string of the molecule is CCc1cc(-c2[c-]cccc2)ncc1[Si](C)(C)C.CCc1cc([Si](C)(C)C)cnc1-c1[c-]cccc1.Cc1cc(-c2[c-]cccc2)ncc1[Si](C)(C)C.Cc1cc([Si](C)(C)C)cnc1-c1[c-]cccc1.Cc1nc(-c2[c-]cccc2)ccc1[Si](C)(C)C.[Ir].[Ir].[Ir].[Ir].[Ir]. The van der Waals surface area contributed by atoms with Crippen molar-refractivity contribution in [2.24, 2.45) is 0 Å². The molecule has 0 saturated carbocycles. The molecule has 0 aliphatic heterocycles. The number of nitrogens with zero attached hydrogens (tertiary/aromatic N) is 5. The number of aryl methyl sites for hydroxylation is 5. The minimum Gasteiger partial charge on any atom is -0.305 e. The number of benzene rings is 5. The summed E-state index contributed by atoms with van der Waals surface area (Å²) in [6.45, 7) is 46.2. The van der Waals surface area contributed by atoms with Gasteiger partial charge in [0.25, 0.3) is 0 Å². The molecule has 5 aromatic heterocycles. The fourth-order valence-corrected chi connectivity index (χ4v) is 17.3. The van der Waals surface area contributed by atoms with E-state index in [9.17, 15) is 0 Å². The summed E-state index contributed by atoms with van der Waals surface area (Å²) in [5, 5.41) is 7.20. The van der Waals surface area contributed by atoms with E-state index in [-0.39, 0.29) is 101 Å². The molecule has 5 radical (unpaired) electrons. The maximum Gasteiger partial charge on any atom is 0.0798 e. The van der Waals surface area contributed by atoms with Gasteiger partial charge in [0.05, 0.1) is 40.4 Å². The largest absolute Gasteiger partial charge is 0.305 e. The molecule has 0 spiro atoms. The minimum absolute atomic E-state index is 0. The van der Waals surface area contributed by atoms with Crippen LogP contribution in [0, 0.1) is 51.1 Å². The zero-order chi connectivity index (χ0) is 63.7. The van der Waals surface area contributed by atoms with Gasteiger partial charge in [0.1, 0.15) is 0 Å². The topological polar surface area (TPSA) is 64.5 Å². The molecule has 0 fully saturated rings. The molecule has 5 aromatic carbocycles. The number of pyridine rings is 5. The summed E-state index contributed by atoms with van der Waals surface area (Å²) < 4.78 is 0. The predicted octanol–water partition coefficient (Wildman–Crippen LogP) is 17.5. The molecule has 0 atom stereocenters. The van der Waals surface area contributed by atoms with Crippen LogP contribution in [0.5, 0.6) is 0 Å². The summed E-state index contributed by atoms with van der Waals surface area (Å²) in [5.41, 5.74) is 17.1. The van der Waals surface area contributed by atoms with Crippen molar-refractivity contribution in [3.05, 3.63) is 241 Å². The first-order valence-electron chi connectivity index (χ1n) is 30.8. The zero-order valence-corrected chi connectivity index (χ0v) is 74.6. The fourth-order valence-electron chi connectivity index (χ4n) is 10.0. The number of hydrogen-bond donors (Lipinski definition) is 0. The molecule has 10 rings (SSSR count). The molecule has 0 unspecified atom stereocenters. The molecule has 5 heterocycles. The van der Waals surface area contributed by atoms with Crippen LogP contribution in [0.25, 0.3) is 56.3 Å². The van der Waals surface area contributed by atoms with Crippen LogP contribution in [-0.2, 0) is 113 Å². The average molecular weight is 2190 g/mol. The Hall–Kier alpha value is -3.82. The van der Waals surface area contributed by atoms with Gasteiger partial charge in [-0.3, -0.25) is 0 Å². The van der Waals surface area contributed by atoms with E-state index in [4.69, 9.17) is 4.98 Å². The van der Waals surface area contributed by atoms with E-state index in [1.54, 1.807) is 0 Å². The van der Waals surface area contributed by atoms with Gasteiger partial charge in [-0.05, 0) is 88.0 Å². The Morgan fingerprint density at radius 1 is 0.315 bits per heavy atom. The first-order valence-corrected chi connectivity index (χ1v) is 48.3. The summed E-state index contributed by atoms with van der Waals surface area (Å²) in [7, 11) is -6.38. The second-order valence-corrected chi connectivity index (χ2v) is 52.7. The van der Waals surface area contributed by atoms with Crippen LogP contribution in [-0.4, -0.2) is 65.3 Å². The van der Waals surface area contributed by atoms with Crippen LogP contribution in [0.15, 0.2) is 183 Å². The van der Waals surface area contributed by atoms with E-state index < -0.39 is 40.4 Å². The molecule has 0 amide bonds. The Morgan fingerprint density at radius 2 is 0.685 bits per heavy atom. The van der Waals surface area contributed by atoms with Crippen molar-refractivity contribution in [1.29, 1.82) is 0 Å². The van der Waals surface area contributed by atoms with Crippen LogP contribution in [0.2, 0.25) is 98.2 Å². The monoisotopic (exact) mass is 2190 g/mol. The standard InChI is InChI=1S/2C16H20NSi.3C15H18NSi.5Ir/c1-5-13-11-15(14-9-7-6-8-10-14)17-12-16(13)18(2,3)4;1-5-13-11-15(18(2,3)4)12-17-16(13)14-9-7-6-8-10-14;1-12-10-14(13-8-6-5-7-9-13)16-11-15(12)17(2,3)4;1-12-10-14(17(2,3)4)11-16-15(12)13-8-6-5-7-9-13;1-12-15(17(2,3)4)11-10-14(16-12)13-8-6-5-7-9-13;;;;;/h2*6-9,11-12H,5H2,1-4H3;3*5-8,10-11H,1-4H3;;;;;/q5*-1;;;;;. The Bertz CT molecular complexity index is 3680. The van der Waals surface area contributed by atoms with Crippen LogP contribution in [0.3, 0.4) is 0 Å². The van der Waals surface area contributed by atoms with E-state index in [1.807, 2.05) is 97.2 Å². The summed E-state index contributed by atoms with van der Waals surface area (Å²) in [5.74, 6) is 0. The van der Waals surface area contributed by atoms with Gasteiger partial charge in [-0.15, -0.1) is 179 Å². The third-order valence-corrected chi connectivity index (χ3v) is 25.4. The van der Waals surface area contributed by atoms with Gasteiger partial charge < -0.3 is 24.9 Å². The van der Waals surface area contributed by atoms with Crippen LogP contribution in [0.1, 0.15) is 41.8 Å². The second-order valence-electron chi connectivity index (χ2n) is 27.4. The van der Waals surface area contributed by atoms with Crippen molar-refractivity contribution in [3.63, 3.8) is 0 Å². The number of aromatic nitrogens is 5. The van der Waals surface area contributed by atoms with Crippen molar-refractivity contribution in [1.82, 2.24) is 24.9 Å². The Morgan fingerprint density at radius 3 is 1.04 bits per heavy atom. The summed E-state index contributed by atoms with van der Waals surface area (Å²) in [6, 6.07) is 69.6. The quantitative estimate of drug-likeness (QED) is 0.0901. The van der Waals surface area contributed by atoms with Gasteiger partial charge in [0, 0.05) is 131 Å². The first kappa shape index (κ1) is 86.2. The number of hydrogen-bond acceptors (Lipinski definition) is 5. The zero-order valence-electron chi connectivity index (χ0n) is 57.6. The van der Waals surface area contributed by atoms with E-state index in [1.165, 1.54) is 53.9 Å². The van der Waals surface area contributed by atoms with Gasteiger partial charge in [-0.25, -0.2) is 0 Å². The molecule has 0 saturated heterocycles. The molecule has 497 valence electrons. The molecule has 0 N–H and O–H groups in total. The number of rotatable bonds is 12. The van der Waals surface area contributed by atoms with Crippen molar-refractivity contribution >= 4 is 66.3 Å².